The first-order chi connectivity index (χ1) is 13.5. The molecule has 0 unspecified atom stereocenters. The lowest BCUT2D eigenvalue weighted by Crippen LogP contribution is -2.45. The van der Waals surface area contributed by atoms with Gasteiger partial charge in [-0.1, -0.05) is 0 Å². The van der Waals surface area contributed by atoms with E-state index in [1.165, 1.54) is 0 Å². The summed E-state index contributed by atoms with van der Waals surface area (Å²) in [6, 6.07) is 2.13. The molecule has 0 saturated heterocycles. The van der Waals surface area contributed by atoms with Crippen LogP contribution in [0.15, 0.2) is 17.6 Å². The maximum Gasteiger partial charge on any atom is 0.290 e. The molecule has 1 aromatic rings. The van der Waals surface area contributed by atoms with Crippen LogP contribution in [0.2, 0.25) is 0 Å². The molecule has 1 N–H and O–H groups in total. The van der Waals surface area contributed by atoms with Gasteiger partial charge in [-0.05, 0) is 45.6 Å². The number of hydrogen-bond acceptors (Lipinski definition) is 5. The van der Waals surface area contributed by atoms with Crippen molar-refractivity contribution in [2.75, 3.05) is 19.8 Å². The zero-order chi connectivity index (χ0) is 19.7. The summed E-state index contributed by atoms with van der Waals surface area (Å²) in [4.78, 5) is 27.3. The zero-order valence-corrected chi connectivity index (χ0v) is 16.6. The molecule has 2 aliphatic heterocycles. The molecule has 8 heteroatoms. The number of allylic oxidation sites excluding steroid dienone is 1. The van der Waals surface area contributed by atoms with Gasteiger partial charge in [0.25, 0.3) is 5.91 Å². The van der Waals surface area contributed by atoms with E-state index in [0.717, 1.165) is 43.6 Å². The van der Waals surface area contributed by atoms with E-state index in [0.29, 0.717) is 32.1 Å². The smallest absolute Gasteiger partial charge is 0.290 e. The number of nitrogens with zero attached hydrogens (tertiary/aromatic N) is 3. The van der Waals surface area contributed by atoms with Gasteiger partial charge >= 0.3 is 0 Å². The number of hydrogen-bond donors (Lipinski definition) is 1. The summed E-state index contributed by atoms with van der Waals surface area (Å²) in [5, 5.41) is 7.49. The maximum atomic E-state index is 13.0. The predicted octanol–water partition coefficient (Wildman–Crippen LogP) is 1.49. The number of aromatic nitrogens is 2. The fraction of sp³-hybridized carbons (Fsp3) is 0.650. The van der Waals surface area contributed by atoms with Crippen LogP contribution in [0, 0.1) is 12.8 Å². The Morgan fingerprint density at radius 2 is 1.86 bits per heavy atom. The number of rotatable bonds is 3. The average molecular weight is 388 g/mol. The Kier molecular flexibility index (Phi) is 5.28. The van der Waals surface area contributed by atoms with Crippen molar-refractivity contribution in [3.05, 3.63) is 29.0 Å². The number of carbonyl (C=O) groups excluding carboxylic acids is 2. The summed E-state index contributed by atoms with van der Waals surface area (Å²) in [5.41, 5.74) is 2.11. The van der Waals surface area contributed by atoms with Crippen LogP contribution in [0.3, 0.4) is 0 Å². The van der Waals surface area contributed by atoms with Crippen LogP contribution in [0.5, 0.6) is 0 Å². The van der Waals surface area contributed by atoms with Crippen molar-refractivity contribution in [3.8, 4) is 0 Å². The molecule has 1 fully saturated rings. The van der Waals surface area contributed by atoms with Crippen LogP contribution in [-0.4, -0.2) is 52.3 Å². The van der Waals surface area contributed by atoms with Crippen LogP contribution < -0.4 is 5.32 Å². The summed E-state index contributed by atoms with van der Waals surface area (Å²) in [6.45, 7) is 6.72. The maximum absolute atomic E-state index is 13.0. The monoisotopic (exact) mass is 388 g/mol. The van der Waals surface area contributed by atoms with Gasteiger partial charge in [-0.15, -0.1) is 0 Å². The number of nitrogens with one attached hydrogen (secondary N) is 1. The molecule has 0 aromatic carbocycles. The highest BCUT2D eigenvalue weighted by Gasteiger charge is 2.32. The molecule has 4 rings (SSSR count). The molecule has 152 valence electrons. The van der Waals surface area contributed by atoms with Crippen molar-refractivity contribution >= 4 is 11.8 Å². The van der Waals surface area contributed by atoms with Crippen LogP contribution in [0.1, 0.15) is 44.0 Å². The number of fused-ring (bicyclic) bond motifs is 1. The van der Waals surface area contributed by atoms with E-state index >= 15 is 0 Å². The lowest BCUT2D eigenvalue weighted by Gasteiger charge is -2.34. The highest BCUT2D eigenvalue weighted by Crippen LogP contribution is 2.28. The van der Waals surface area contributed by atoms with Crippen LogP contribution in [-0.2, 0) is 32.2 Å². The van der Waals surface area contributed by atoms with Crippen molar-refractivity contribution in [3.63, 3.8) is 0 Å². The van der Waals surface area contributed by atoms with E-state index in [1.54, 1.807) is 6.92 Å². The third-order valence-electron chi connectivity index (χ3n) is 5.82. The van der Waals surface area contributed by atoms with E-state index in [1.807, 2.05) is 16.5 Å². The number of ether oxygens (including phenoxy) is 2. The molecule has 1 aromatic heterocycles. The molecule has 1 saturated carbocycles. The molecular formula is C20H28N4O4. The Hall–Kier alpha value is -2.51. The van der Waals surface area contributed by atoms with E-state index < -0.39 is 0 Å². The average Bonchev–Trinajstić information content (AvgIpc) is 3.07. The van der Waals surface area contributed by atoms with E-state index in [2.05, 4.69) is 16.5 Å². The van der Waals surface area contributed by atoms with Gasteiger partial charge in [0.1, 0.15) is 19.0 Å². The van der Waals surface area contributed by atoms with Gasteiger partial charge in [-0.2, -0.15) is 5.10 Å². The van der Waals surface area contributed by atoms with Gasteiger partial charge in [-0.25, -0.2) is 0 Å². The molecule has 0 radical (unpaired) electrons. The Balaban J connectivity index is 1.28. The topological polar surface area (TPSA) is 85.7 Å². The highest BCUT2D eigenvalue weighted by atomic mass is 16.6. The number of aryl methyl sites for hydroxylation is 1. The van der Waals surface area contributed by atoms with Gasteiger partial charge < -0.3 is 19.7 Å². The molecule has 3 aliphatic rings. The second-order valence-electron chi connectivity index (χ2n) is 7.86. The van der Waals surface area contributed by atoms with E-state index in [9.17, 15) is 9.59 Å². The second-order valence-corrected chi connectivity index (χ2v) is 7.86. The van der Waals surface area contributed by atoms with Crippen molar-refractivity contribution in [2.24, 2.45) is 5.92 Å². The quantitative estimate of drug-likeness (QED) is 0.848. The van der Waals surface area contributed by atoms with Crippen LogP contribution >= 0.6 is 0 Å². The molecule has 0 spiro atoms. The molecule has 8 nitrogen and oxygen atoms in total. The Bertz CT molecular complexity index is 792. The SMILES string of the molecule is CC1=C(C(=O)NC2CCC(C(=O)N3CCn4nc(C)cc4C3)CC2)OCCO1. The Labute approximate surface area is 164 Å². The number of carbonyl (C=O) groups is 2. The fourth-order valence-electron chi connectivity index (χ4n) is 4.32. The number of amides is 2. The van der Waals surface area contributed by atoms with Crippen molar-refractivity contribution in [1.82, 2.24) is 20.0 Å². The summed E-state index contributed by atoms with van der Waals surface area (Å²) < 4.78 is 12.8. The minimum absolute atomic E-state index is 0.0407. The van der Waals surface area contributed by atoms with Gasteiger partial charge in [0.15, 0.2) is 0 Å². The van der Waals surface area contributed by atoms with Crippen molar-refractivity contribution < 1.29 is 19.1 Å². The minimum Gasteiger partial charge on any atom is -0.491 e. The summed E-state index contributed by atoms with van der Waals surface area (Å²) >= 11 is 0. The van der Waals surface area contributed by atoms with E-state index in [4.69, 9.17) is 9.47 Å². The molecule has 2 amide bonds. The Morgan fingerprint density at radius 1 is 1.11 bits per heavy atom. The lowest BCUT2D eigenvalue weighted by molar-refractivity contribution is -0.138. The van der Waals surface area contributed by atoms with Gasteiger partial charge in [0.05, 0.1) is 24.5 Å². The summed E-state index contributed by atoms with van der Waals surface area (Å²) in [7, 11) is 0. The largest absolute Gasteiger partial charge is 0.491 e. The first-order valence-electron chi connectivity index (χ1n) is 10.1. The van der Waals surface area contributed by atoms with Crippen LogP contribution in [0.25, 0.3) is 0 Å². The highest BCUT2D eigenvalue weighted by molar-refractivity contribution is 5.92. The Morgan fingerprint density at radius 3 is 2.61 bits per heavy atom. The van der Waals surface area contributed by atoms with E-state index in [-0.39, 0.29) is 29.5 Å². The van der Waals surface area contributed by atoms with Crippen LogP contribution in [0.4, 0.5) is 0 Å². The molecule has 0 bridgehead atoms. The van der Waals surface area contributed by atoms with Gasteiger partial charge in [0.2, 0.25) is 11.7 Å². The lowest BCUT2D eigenvalue weighted by atomic mass is 9.85. The molecule has 3 heterocycles. The first-order valence-corrected chi connectivity index (χ1v) is 10.1. The second kappa shape index (κ2) is 7.85. The summed E-state index contributed by atoms with van der Waals surface area (Å²) in [5.74, 6) is 0.875. The first kappa shape index (κ1) is 18.8. The normalized spacial score (nSPS) is 24.9. The van der Waals surface area contributed by atoms with Crippen molar-refractivity contribution in [2.45, 2.75) is 58.7 Å². The third-order valence-corrected chi connectivity index (χ3v) is 5.82. The molecule has 0 atom stereocenters. The molecule has 1 aliphatic carbocycles. The third kappa shape index (κ3) is 3.86. The zero-order valence-electron chi connectivity index (χ0n) is 16.6. The predicted molar refractivity (Wildman–Crippen MR) is 101 cm³/mol. The fourth-order valence-corrected chi connectivity index (χ4v) is 4.32. The van der Waals surface area contributed by atoms with Gasteiger partial charge in [-0.3, -0.25) is 14.3 Å². The molecule has 28 heavy (non-hydrogen) atoms. The molecular weight excluding hydrogens is 360 g/mol. The van der Waals surface area contributed by atoms with Gasteiger partial charge in [0, 0.05) is 18.5 Å². The van der Waals surface area contributed by atoms with Crippen molar-refractivity contribution in [1.29, 1.82) is 0 Å². The summed E-state index contributed by atoms with van der Waals surface area (Å²) in [6.07, 6.45) is 3.21. The minimum atomic E-state index is -0.216. The standard InChI is InChI=1S/C20H28N4O4/c1-13-11-17-12-23(7-8-24(17)22-13)20(26)15-3-5-16(6-4-15)21-19(25)18-14(2)27-9-10-28-18/h11,15-16H,3-10,12H2,1-2H3,(H,21,25).